The number of ether oxygens (including phenoxy) is 4. The first-order valence-electron chi connectivity index (χ1n) is 22.1. The molecule has 3 aromatic carbocycles. The number of amides is 2. The number of nitrogens with one attached hydrogen (secondary N) is 2. The second kappa shape index (κ2) is 27.7. The summed E-state index contributed by atoms with van der Waals surface area (Å²) in [6, 6.07) is 17.9. The number of benzene rings is 3. The average molecular weight is 871 g/mol. The molecule has 344 valence electrons. The molecule has 1 aliphatic heterocycles. The van der Waals surface area contributed by atoms with Gasteiger partial charge < -0.3 is 60.2 Å². The van der Waals surface area contributed by atoms with Gasteiger partial charge in [-0.25, -0.2) is 9.18 Å². The van der Waals surface area contributed by atoms with E-state index < -0.39 is 74.2 Å². The van der Waals surface area contributed by atoms with Gasteiger partial charge in [-0.1, -0.05) is 108 Å². The van der Waals surface area contributed by atoms with Crippen LogP contribution in [0.25, 0.3) is 0 Å². The number of alkyl carbamates (subject to hydrolysis) is 1. The van der Waals surface area contributed by atoms with E-state index in [9.17, 15) is 44.6 Å². The van der Waals surface area contributed by atoms with Gasteiger partial charge in [0, 0.05) is 6.54 Å². The van der Waals surface area contributed by atoms with Gasteiger partial charge in [-0.05, 0) is 72.5 Å². The molecule has 1 fully saturated rings. The van der Waals surface area contributed by atoms with Crippen LogP contribution in [0.2, 0.25) is 0 Å². The van der Waals surface area contributed by atoms with Gasteiger partial charge in [0.25, 0.3) is 0 Å². The number of aliphatic hydroxyl groups is 6. The summed E-state index contributed by atoms with van der Waals surface area (Å²) in [5, 5.41) is 67.2. The summed E-state index contributed by atoms with van der Waals surface area (Å²) in [5.74, 6) is 0.410. The summed E-state index contributed by atoms with van der Waals surface area (Å²) in [4.78, 5) is 26.0. The van der Waals surface area contributed by atoms with Crippen LogP contribution in [0.3, 0.4) is 0 Å². The Balaban J connectivity index is 1.24. The quantitative estimate of drug-likeness (QED) is 0.0419. The predicted octanol–water partition coefficient (Wildman–Crippen LogP) is 5.61. The Morgan fingerprint density at radius 1 is 0.726 bits per heavy atom. The molecule has 0 saturated carbocycles. The molecule has 4 rings (SSSR count). The molecule has 1 aliphatic rings. The topological polar surface area (TPSA) is 216 Å². The molecule has 8 N–H and O–H groups in total. The first-order chi connectivity index (χ1) is 30.0. The number of unbranched alkanes of at least 4 members (excludes halogenated alkanes) is 11. The van der Waals surface area contributed by atoms with Crippen molar-refractivity contribution < 1.29 is 63.6 Å². The highest BCUT2D eigenvalue weighted by Gasteiger charge is 2.44. The summed E-state index contributed by atoms with van der Waals surface area (Å²) in [6.07, 6.45) is 4.18. The van der Waals surface area contributed by atoms with Crippen LogP contribution in [0.4, 0.5) is 9.18 Å². The number of carbonyl (C=O) groups is 2. The van der Waals surface area contributed by atoms with Crippen molar-refractivity contribution >= 4 is 12.0 Å². The lowest BCUT2D eigenvalue weighted by Gasteiger charge is -2.39. The SMILES string of the molecule is CCCCCCCCCCCCCC[C@@H](O)[C@@H](O)C(COC(=O)NCCc1ccc(O[C@H]2OC(CO)[C@@H](O)[C@H](O)C2O)cc1)NC(=O)Cc1ccc(Oc2ccc(F)cc2)cc1. The van der Waals surface area contributed by atoms with Crippen LogP contribution in [-0.2, 0) is 27.1 Å². The molecule has 3 aromatic rings. The fraction of sp³-hybridized carbons (Fsp3) is 0.574. The molecule has 62 heavy (non-hydrogen) atoms. The zero-order valence-corrected chi connectivity index (χ0v) is 35.8. The number of hydrogen-bond donors (Lipinski definition) is 8. The van der Waals surface area contributed by atoms with Crippen molar-refractivity contribution in [2.75, 3.05) is 19.8 Å². The third-order valence-corrected chi connectivity index (χ3v) is 10.9. The first-order valence-corrected chi connectivity index (χ1v) is 22.1. The smallest absolute Gasteiger partial charge is 0.407 e. The molecule has 0 spiro atoms. The Bertz CT molecular complexity index is 1700. The monoisotopic (exact) mass is 870 g/mol. The van der Waals surface area contributed by atoms with E-state index in [2.05, 4.69) is 17.6 Å². The lowest BCUT2D eigenvalue weighted by atomic mass is 9.99. The van der Waals surface area contributed by atoms with Crippen molar-refractivity contribution in [3.63, 3.8) is 0 Å². The van der Waals surface area contributed by atoms with Crippen LogP contribution in [-0.4, -0.2) is 111 Å². The lowest BCUT2D eigenvalue weighted by molar-refractivity contribution is -0.277. The molecular weight excluding hydrogens is 804 g/mol. The molecule has 14 nitrogen and oxygen atoms in total. The van der Waals surface area contributed by atoms with E-state index in [1.54, 1.807) is 48.5 Å². The van der Waals surface area contributed by atoms with Crippen LogP contribution in [0.5, 0.6) is 17.2 Å². The van der Waals surface area contributed by atoms with E-state index in [0.717, 1.165) is 24.8 Å². The maximum absolute atomic E-state index is 13.3. The van der Waals surface area contributed by atoms with E-state index in [0.29, 0.717) is 42.1 Å². The van der Waals surface area contributed by atoms with Crippen molar-refractivity contribution in [3.8, 4) is 17.2 Å². The minimum atomic E-state index is -1.57. The van der Waals surface area contributed by atoms with Crippen molar-refractivity contribution in [3.05, 3.63) is 89.7 Å². The van der Waals surface area contributed by atoms with Crippen molar-refractivity contribution in [1.82, 2.24) is 10.6 Å². The summed E-state index contributed by atoms with van der Waals surface area (Å²) in [5.41, 5.74) is 1.45. The zero-order chi connectivity index (χ0) is 44.7. The number of aliphatic hydroxyl groups excluding tert-OH is 6. The highest BCUT2D eigenvalue weighted by atomic mass is 19.1. The molecule has 15 heteroatoms. The average Bonchev–Trinajstić information content (AvgIpc) is 3.27. The highest BCUT2D eigenvalue weighted by Crippen LogP contribution is 2.25. The van der Waals surface area contributed by atoms with E-state index in [1.807, 2.05) is 0 Å². The van der Waals surface area contributed by atoms with Crippen LogP contribution < -0.4 is 20.1 Å². The minimum Gasteiger partial charge on any atom is -0.462 e. The standard InChI is InChI=1S/C47H67FN2O12/c1-2-3-4-5-6-7-8-9-10-11-12-13-14-39(52)42(54)38(50-41(53)29-33-17-23-35(24-18-33)60-36-25-19-34(48)20-26-36)31-59-47(58)49-28-27-32-15-21-37(22-16-32)61-46-45(57)44(56)43(55)40(30-51)62-46/h15-26,38-40,42-46,51-52,54-57H,2-14,27-31H2,1H3,(H,49,58)(H,50,53)/t38?,39-,40?,42+,43-,44+,45?,46+/m1/s1. The molecule has 1 saturated heterocycles. The van der Waals surface area contributed by atoms with E-state index in [-0.39, 0.29) is 18.8 Å². The minimum absolute atomic E-state index is 0.0621. The summed E-state index contributed by atoms with van der Waals surface area (Å²) >= 11 is 0. The largest absolute Gasteiger partial charge is 0.462 e. The van der Waals surface area contributed by atoms with Gasteiger partial charge in [0.2, 0.25) is 12.2 Å². The number of carbonyl (C=O) groups excluding carboxylic acids is 2. The van der Waals surface area contributed by atoms with E-state index in [1.165, 1.54) is 75.6 Å². The Morgan fingerprint density at radius 3 is 1.87 bits per heavy atom. The van der Waals surface area contributed by atoms with Gasteiger partial charge in [-0.2, -0.15) is 0 Å². The Hall–Kier alpha value is -4.35. The van der Waals surface area contributed by atoms with E-state index in [4.69, 9.17) is 18.9 Å². The van der Waals surface area contributed by atoms with Crippen molar-refractivity contribution in [1.29, 1.82) is 0 Å². The van der Waals surface area contributed by atoms with Crippen molar-refractivity contribution in [2.45, 2.75) is 152 Å². The van der Waals surface area contributed by atoms with Crippen molar-refractivity contribution in [2.24, 2.45) is 0 Å². The molecule has 3 unspecified atom stereocenters. The zero-order valence-electron chi connectivity index (χ0n) is 35.8. The van der Waals surface area contributed by atoms with Crippen LogP contribution in [0, 0.1) is 5.82 Å². The second-order valence-corrected chi connectivity index (χ2v) is 16.0. The third kappa shape index (κ3) is 17.8. The molecule has 2 amide bonds. The number of rotatable bonds is 28. The summed E-state index contributed by atoms with van der Waals surface area (Å²) in [6.45, 7) is 1.42. The number of hydrogen-bond acceptors (Lipinski definition) is 12. The van der Waals surface area contributed by atoms with Gasteiger partial charge in [-0.3, -0.25) is 4.79 Å². The molecule has 0 bridgehead atoms. The maximum atomic E-state index is 13.3. The Morgan fingerprint density at radius 2 is 1.27 bits per heavy atom. The van der Waals surface area contributed by atoms with Gasteiger partial charge in [-0.15, -0.1) is 0 Å². The van der Waals surface area contributed by atoms with Gasteiger partial charge in [0.15, 0.2) is 0 Å². The fourth-order valence-corrected chi connectivity index (χ4v) is 7.18. The molecule has 8 atom stereocenters. The molecular formula is C47H67FN2O12. The Kier molecular flexibility index (Phi) is 22.4. The fourth-order valence-electron chi connectivity index (χ4n) is 7.18. The highest BCUT2D eigenvalue weighted by molar-refractivity contribution is 5.79. The molecule has 0 aromatic heterocycles. The number of halogens is 1. The van der Waals surface area contributed by atoms with Crippen LogP contribution in [0.15, 0.2) is 72.8 Å². The molecule has 1 heterocycles. The summed E-state index contributed by atoms with van der Waals surface area (Å²) < 4.78 is 35.4. The molecule has 0 aliphatic carbocycles. The maximum Gasteiger partial charge on any atom is 0.407 e. The predicted molar refractivity (Wildman–Crippen MR) is 230 cm³/mol. The second-order valence-electron chi connectivity index (χ2n) is 16.0. The Labute approximate surface area is 364 Å². The van der Waals surface area contributed by atoms with E-state index >= 15 is 0 Å². The van der Waals surface area contributed by atoms with Gasteiger partial charge in [0.05, 0.1) is 25.2 Å². The summed E-state index contributed by atoms with van der Waals surface area (Å²) in [7, 11) is 0. The lowest BCUT2D eigenvalue weighted by Crippen LogP contribution is -2.60. The first kappa shape index (κ1) is 50.3. The molecule has 0 radical (unpaired) electrons. The normalized spacial score (nSPS) is 20.2. The van der Waals surface area contributed by atoms with Crippen LogP contribution >= 0.6 is 0 Å². The van der Waals surface area contributed by atoms with Gasteiger partial charge in [0.1, 0.15) is 60.2 Å². The third-order valence-electron chi connectivity index (χ3n) is 10.9. The van der Waals surface area contributed by atoms with Gasteiger partial charge >= 0.3 is 6.09 Å². The van der Waals surface area contributed by atoms with Crippen LogP contribution in [0.1, 0.15) is 102 Å².